The van der Waals surface area contributed by atoms with E-state index in [-0.39, 0.29) is 18.2 Å². The van der Waals surface area contributed by atoms with E-state index in [0.717, 1.165) is 12.8 Å². The fourth-order valence-electron chi connectivity index (χ4n) is 6.61. The molecule has 4 aliphatic rings. The average Bonchev–Trinajstić information content (AvgIpc) is 2.68. The van der Waals surface area contributed by atoms with Crippen LogP contribution in [0.2, 0.25) is 0 Å². The fourth-order valence-corrected chi connectivity index (χ4v) is 6.61. The normalized spacial score (nSPS) is 32.4. The van der Waals surface area contributed by atoms with Gasteiger partial charge in [-0.15, -0.1) is 0 Å². The third-order valence-electron chi connectivity index (χ3n) is 8.19. The van der Waals surface area contributed by atoms with E-state index in [2.05, 4.69) is 0 Å². The Morgan fingerprint density at radius 2 is 1.15 bits per heavy atom. The van der Waals surface area contributed by atoms with Gasteiger partial charge in [-0.25, -0.2) is 0 Å². The monoisotopic (exact) mass is 378 g/mol. The smallest absolute Gasteiger partial charge is 0.302 e. The first kappa shape index (κ1) is 21.1. The van der Waals surface area contributed by atoms with E-state index in [1.54, 1.807) is 6.92 Å². The lowest BCUT2D eigenvalue weighted by molar-refractivity contribution is -0.159. The second-order valence-corrected chi connectivity index (χ2v) is 9.95. The number of rotatable bonds is 1. The van der Waals surface area contributed by atoms with Crippen molar-refractivity contribution in [2.24, 2.45) is 10.8 Å². The van der Waals surface area contributed by atoms with Gasteiger partial charge in [-0.05, 0) is 63.2 Å². The molecule has 4 aliphatic carbocycles. The zero-order valence-electron chi connectivity index (χ0n) is 17.6. The molecular formula is C24H42O3. The molecule has 3 nitrogen and oxygen atoms in total. The van der Waals surface area contributed by atoms with Gasteiger partial charge in [-0.2, -0.15) is 0 Å². The number of hydrogen-bond acceptors (Lipinski definition) is 3. The van der Waals surface area contributed by atoms with Crippen LogP contribution in [0.4, 0.5) is 0 Å². The van der Waals surface area contributed by atoms with Gasteiger partial charge in [0.25, 0.3) is 0 Å². The quantitative estimate of drug-likeness (QED) is 0.543. The molecule has 0 aromatic heterocycles. The highest BCUT2D eigenvalue weighted by Gasteiger charge is 2.43. The molecule has 4 saturated carbocycles. The predicted molar refractivity (Wildman–Crippen MR) is 110 cm³/mol. The number of aliphatic hydroxyl groups excluding tert-OH is 1. The maximum absolute atomic E-state index is 11.1. The molecule has 0 heterocycles. The van der Waals surface area contributed by atoms with E-state index in [1.165, 1.54) is 103 Å². The van der Waals surface area contributed by atoms with E-state index in [4.69, 9.17) is 4.74 Å². The number of hydrogen-bond donors (Lipinski definition) is 1. The van der Waals surface area contributed by atoms with Crippen molar-refractivity contribution in [3.8, 4) is 0 Å². The van der Waals surface area contributed by atoms with Gasteiger partial charge in [0.1, 0.15) is 6.10 Å². The fraction of sp³-hybridized carbons (Fsp3) is 0.958. The van der Waals surface area contributed by atoms with Gasteiger partial charge in [0.05, 0.1) is 6.10 Å². The lowest BCUT2D eigenvalue weighted by Gasteiger charge is -2.45. The van der Waals surface area contributed by atoms with E-state index >= 15 is 0 Å². The van der Waals surface area contributed by atoms with Gasteiger partial charge in [0.2, 0.25) is 0 Å². The van der Waals surface area contributed by atoms with Crippen LogP contribution in [-0.2, 0) is 9.53 Å². The highest BCUT2D eigenvalue weighted by molar-refractivity contribution is 5.66. The Balaban J connectivity index is 0.000000159. The Morgan fingerprint density at radius 1 is 0.704 bits per heavy atom. The van der Waals surface area contributed by atoms with Crippen LogP contribution in [0.5, 0.6) is 0 Å². The minimum absolute atomic E-state index is 0.0338. The number of esters is 1. The van der Waals surface area contributed by atoms with Crippen molar-refractivity contribution in [1.82, 2.24) is 0 Å². The third kappa shape index (κ3) is 5.28. The molecule has 0 aliphatic heterocycles. The van der Waals surface area contributed by atoms with Gasteiger partial charge in [-0.1, -0.05) is 57.8 Å². The minimum Gasteiger partial charge on any atom is -0.462 e. The molecule has 156 valence electrons. The van der Waals surface area contributed by atoms with Crippen molar-refractivity contribution in [1.29, 1.82) is 0 Å². The van der Waals surface area contributed by atoms with Crippen LogP contribution >= 0.6 is 0 Å². The van der Waals surface area contributed by atoms with Crippen LogP contribution in [0.3, 0.4) is 0 Å². The van der Waals surface area contributed by atoms with Gasteiger partial charge < -0.3 is 9.84 Å². The van der Waals surface area contributed by atoms with Crippen molar-refractivity contribution < 1.29 is 14.6 Å². The van der Waals surface area contributed by atoms with Gasteiger partial charge in [-0.3, -0.25) is 4.79 Å². The first-order chi connectivity index (χ1) is 13.1. The summed E-state index contributed by atoms with van der Waals surface area (Å²) in [5.41, 5.74) is 0.735. The Bertz CT molecular complexity index is 444. The Hall–Kier alpha value is -0.570. The molecule has 3 heteroatoms. The topological polar surface area (TPSA) is 46.5 Å². The minimum atomic E-state index is -0.0909. The molecule has 0 aromatic rings. The Labute approximate surface area is 166 Å². The standard InChI is InChI=1S/C13H22O2.C11H20O/c1-11(14)15-12-7-3-6-10-13(12)8-4-2-5-9-13;12-10-6-2-5-9-11(10)7-3-1-4-8-11/h12H,2-10H2,1H3;10,12H,1-9H2/t12-;10-/m00/s1. The predicted octanol–water partition coefficient (Wildman–Crippen LogP) is 6.31. The Morgan fingerprint density at radius 3 is 1.63 bits per heavy atom. The van der Waals surface area contributed by atoms with Crippen molar-refractivity contribution >= 4 is 5.97 Å². The van der Waals surface area contributed by atoms with E-state index < -0.39 is 0 Å². The summed E-state index contributed by atoms with van der Waals surface area (Å²) in [5, 5.41) is 9.98. The summed E-state index contributed by atoms with van der Waals surface area (Å²) in [5.74, 6) is -0.0909. The molecule has 0 radical (unpaired) electrons. The number of aliphatic hydroxyl groups is 1. The maximum Gasteiger partial charge on any atom is 0.302 e. The molecule has 0 saturated heterocycles. The van der Waals surface area contributed by atoms with Gasteiger partial charge in [0, 0.05) is 12.3 Å². The summed E-state index contributed by atoms with van der Waals surface area (Å²) in [4.78, 5) is 11.1. The lowest BCUT2D eigenvalue weighted by Crippen LogP contribution is -2.42. The third-order valence-corrected chi connectivity index (χ3v) is 8.19. The van der Waals surface area contributed by atoms with E-state index in [9.17, 15) is 9.90 Å². The SMILES string of the molecule is CC(=O)O[C@H]1CCCCC12CCCCC2.O[C@H]1CCCCC12CCCCC2. The van der Waals surface area contributed by atoms with Crippen LogP contribution in [-0.4, -0.2) is 23.3 Å². The zero-order valence-corrected chi connectivity index (χ0v) is 17.6. The summed E-state index contributed by atoms with van der Waals surface area (Å²) in [6.45, 7) is 1.55. The zero-order chi connectivity index (χ0) is 19.2. The average molecular weight is 379 g/mol. The summed E-state index contributed by atoms with van der Waals surface area (Å²) in [7, 11) is 0. The largest absolute Gasteiger partial charge is 0.462 e. The second-order valence-electron chi connectivity index (χ2n) is 9.95. The van der Waals surface area contributed by atoms with Gasteiger partial charge in [0.15, 0.2) is 0 Å². The van der Waals surface area contributed by atoms with Crippen LogP contribution in [0, 0.1) is 10.8 Å². The first-order valence-corrected chi connectivity index (χ1v) is 11.9. The van der Waals surface area contributed by atoms with Crippen LogP contribution < -0.4 is 0 Å². The summed E-state index contributed by atoms with van der Waals surface area (Å²) >= 11 is 0. The van der Waals surface area contributed by atoms with Crippen molar-refractivity contribution in [2.45, 2.75) is 135 Å². The van der Waals surface area contributed by atoms with Gasteiger partial charge >= 0.3 is 5.97 Å². The van der Waals surface area contributed by atoms with Crippen LogP contribution in [0.25, 0.3) is 0 Å². The molecule has 2 atom stereocenters. The molecule has 2 spiro atoms. The van der Waals surface area contributed by atoms with Crippen molar-refractivity contribution in [2.75, 3.05) is 0 Å². The maximum atomic E-state index is 11.1. The van der Waals surface area contributed by atoms with Crippen molar-refractivity contribution in [3.05, 3.63) is 0 Å². The first-order valence-electron chi connectivity index (χ1n) is 11.9. The number of carbonyl (C=O) groups is 1. The number of carbonyl (C=O) groups excluding carboxylic acids is 1. The lowest BCUT2D eigenvalue weighted by atomic mass is 9.63. The van der Waals surface area contributed by atoms with Crippen LogP contribution in [0.15, 0.2) is 0 Å². The Kier molecular flexibility index (Phi) is 7.65. The highest BCUT2D eigenvalue weighted by Crippen LogP contribution is 2.49. The summed E-state index contributed by atoms with van der Waals surface area (Å²) < 4.78 is 5.55. The van der Waals surface area contributed by atoms with E-state index in [0.29, 0.717) is 10.8 Å². The molecule has 4 fully saturated rings. The molecular weight excluding hydrogens is 336 g/mol. The second kappa shape index (κ2) is 9.76. The molecule has 1 N–H and O–H groups in total. The highest BCUT2D eigenvalue weighted by atomic mass is 16.5. The summed E-state index contributed by atoms with van der Waals surface area (Å²) in [6.07, 6.45) is 23.5. The number of ether oxygens (including phenoxy) is 1. The summed E-state index contributed by atoms with van der Waals surface area (Å²) in [6, 6.07) is 0. The van der Waals surface area contributed by atoms with E-state index in [1.807, 2.05) is 0 Å². The van der Waals surface area contributed by atoms with Crippen LogP contribution in [0.1, 0.15) is 122 Å². The molecule has 0 bridgehead atoms. The van der Waals surface area contributed by atoms with Crippen molar-refractivity contribution in [3.63, 3.8) is 0 Å². The molecule has 0 unspecified atom stereocenters. The molecule has 27 heavy (non-hydrogen) atoms. The molecule has 0 aromatic carbocycles. The molecule has 4 rings (SSSR count). The molecule has 0 amide bonds.